The molecule has 0 unspecified atom stereocenters. The van der Waals surface area contributed by atoms with Crippen LogP contribution in [0.2, 0.25) is 10.0 Å². The van der Waals surface area contributed by atoms with Crippen LogP contribution in [-0.4, -0.2) is 32.1 Å². The molecule has 2 aromatic carbocycles. The number of benzene rings is 2. The van der Waals surface area contributed by atoms with Gasteiger partial charge in [0.25, 0.3) is 11.8 Å². The van der Waals surface area contributed by atoms with E-state index in [2.05, 4.69) is 10.6 Å². The molecule has 0 bridgehead atoms. The molecule has 0 saturated heterocycles. The first-order valence-corrected chi connectivity index (χ1v) is 8.57. The molecule has 0 saturated carbocycles. The quantitative estimate of drug-likeness (QED) is 0.559. The van der Waals surface area contributed by atoms with Crippen molar-refractivity contribution in [2.24, 2.45) is 0 Å². The standard InChI is InChI=1S/C19H18Cl2N2O3/c1-26-10-9-22-19(25)17(11-13-5-3-2-4-6-13)23-18(24)15-8-7-14(20)12-16(15)21/h2-8,11-12H,9-10H2,1H3,(H,22,25)(H,23,24)/b17-11+. The average Bonchev–Trinajstić information content (AvgIpc) is 2.62. The minimum atomic E-state index is -0.504. The van der Waals surface area contributed by atoms with Crippen molar-refractivity contribution in [1.82, 2.24) is 10.6 Å². The molecule has 5 nitrogen and oxygen atoms in total. The molecular formula is C19H18Cl2N2O3. The fourth-order valence-electron chi connectivity index (χ4n) is 2.10. The van der Waals surface area contributed by atoms with E-state index < -0.39 is 11.8 Å². The van der Waals surface area contributed by atoms with Crippen molar-refractivity contribution in [2.75, 3.05) is 20.3 Å². The maximum atomic E-state index is 12.5. The largest absolute Gasteiger partial charge is 0.383 e. The average molecular weight is 393 g/mol. The number of hydrogen-bond donors (Lipinski definition) is 2. The summed E-state index contributed by atoms with van der Waals surface area (Å²) in [7, 11) is 1.54. The molecular weight excluding hydrogens is 375 g/mol. The van der Waals surface area contributed by atoms with Crippen molar-refractivity contribution < 1.29 is 14.3 Å². The number of rotatable bonds is 7. The maximum absolute atomic E-state index is 12.5. The number of ether oxygens (including phenoxy) is 1. The van der Waals surface area contributed by atoms with Crippen LogP contribution in [0.3, 0.4) is 0 Å². The fraction of sp³-hybridized carbons (Fsp3) is 0.158. The SMILES string of the molecule is COCCNC(=O)/C(=C\c1ccccc1)NC(=O)c1ccc(Cl)cc1Cl. The summed E-state index contributed by atoms with van der Waals surface area (Å²) >= 11 is 11.9. The van der Waals surface area contributed by atoms with Crippen LogP contribution in [0.1, 0.15) is 15.9 Å². The third kappa shape index (κ3) is 5.88. The van der Waals surface area contributed by atoms with Gasteiger partial charge in [-0.15, -0.1) is 0 Å². The first-order valence-electron chi connectivity index (χ1n) is 7.81. The predicted molar refractivity (Wildman–Crippen MR) is 103 cm³/mol. The first kappa shape index (κ1) is 20.0. The van der Waals surface area contributed by atoms with Crippen molar-refractivity contribution in [3.63, 3.8) is 0 Å². The molecule has 0 radical (unpaired) electrons. The molecule has 0 aliphatic rings. The Bertz CT molecular complexity index is 808. The van der Waals surface area contributed by atoms with Gasteiger partial charge in [0.05, 0.1) is 17.2 Å². The highest BCUT2D eigenvalue weighted by Gasteiger charge is 2.16. The van der Waals surface area contributed by atoms with Crippen LogP contribution < -0.4 is 10.6 Å². The number of nitrogens with one attached hydrogen (secondary N) is 2. The van der Waals surface area contributed by atoms with Gasteiger partial charge in [0.1, 0.15) is 5.70 Å². The summed E-state index contributed by atoms with van der Waals surface area (Å²) in [6.45, 7) is 0.681. The number of hydrogen-bond acceptors (Lipinski definition) is 3. The zero-order chi connectivity index (χ0) is 18.9. The van der Waals surface area contributed by atoms with Gasteiger partial charge in [-0.2, -0.15) is 0 Å². The second-order valence-electron chi connectivity index (χ2n) is 5.30. The van der Waals surface area contributed by atoms with Crippen LogP contribution in [0.4, 0.5) is 0 Å². The van der Waals surface area contributed by atoms with E-state index in [9.17, 15) is 9.59 Å². The molecule has 136 valence electrons. The summed E-state index contributed by atoms with van der Waals surface area (Å²) in [4.78, 5) is 25.0. The van der Waals surface area contributed by atoms with E-state index in [1.807, 2.05) is 30.3 Å². The third-order valence-electron chi connectivity index (χ3n) is 3.37. The lowest BCUT2D eigenvalue weighted by Crippen LogP contribution is -2.36. The van der Waals surface area contributed by atoms with Crippen molar-refractivity contribution in [1.29, 1.82) is 0 Å². The second kappa shape index (κ2) is 9.97. The summed E-state index contributed by atoms with van der Waals surface area (Å²) in [6.07, 6.45) is 1.59. The highest BCUT2D eigenvalue weighted by atomic mass is 35.5. The lowest BCUT2D eigenvalue weighted by atomic mass is 10.1. The van der Waals surface area contributed by atoms with E-state index in [0.29, 0.717) is 18.2 Å². The molecule has 0 heterocycles. The van der Waals surface area contributed by atoms with Gasteiger partial charge in [0.15, 0.2) is 0 Å². The van der Waals surface area contributed by atoms with Crippen LogP contribution >= 0.6 is 23.2 Å². The molecule has 0 fully saturated rings. The Hall–Kier alpha value is -2.34. The van der Waals surface area contributed by atoms with Gasteiger partial charge in [-0.05, 0) is 29.8 Å². The maximum Gasteiger partial charge on any atom is 0.267 e. The molecule has 2 amide bonds. The predicted octanol–water partition coefficient (Wildman–Crippen LogP) is 3.53. The van der Waals surface area contributed by atoms with Gasteiger partial charge in [0, 0.05) is 18.7 Å². The molecule has 26 heavy (non-hydrogen) atoms. The molecule has 7 heteroatoms. The second-order valence-corrected chi connectivity index (χ2v) is 6.14. The molecule has 0 aromatic heterocycles. The number of methoxy groups -OCH3 is 1. The Morgan fingerprint density at radius 2 is 1.85 bits per heavy atom. The monoisotopic (exact) mass is 392 g/mol. The number of amides is 2. The molecule has 2 N–H and O–H groups in total. The van der Waals surface area contributed by atoms with Gasteiger partial charge in [0.2, 0.25) is 0 Å². The van der Waals surface area contributed by atoms with Crippen LogP contribution in [0.5, 0.6) is 0 Å². The Morgan fingerprint density at radius 1 is 1.12 bits per heavy atom. The van der Waals surface area contributed by atoms with Crippen molar-refractivity contribution >= 4 is 41.1 Å². The molecule has 0 aliphatic carbocycles. The lowest BCUT2D eigenvalue weighted by molar-refractivity contribution is -0.117. The smallest absolute Gasteiger partial charge is 0.267 e. The number of carbonyl (C=O) groups is 2. The zero-order valence-corrected chi connectivity index (χ0v) is 15.6. The summed E-state index contributed by atoms with van der Waals surface area (Å²) < 4.78 is 4.92. The topological polar surface area (TPSA) is 67.4 Å². The van der Waals surface area contributed by atoms with Gasteiger partial charge in [-0.3, -0.25) is 9.59 Å². The highest BCUT2D eigenvalue weighted by Crippen LogP contribution is 2.21. The van der Waals surface area contributed by atoms with E-state index in [1.54, 1.807) is 12.1 Å². The molecule has 2 aromatic rings. The van der Waals surface area contributed by atoms with Gasteiger partial charge < -0.3 is 15.4 Å². The summed E-state index contributed by atoms with van der Waals surface area (Å²) in [5.74, 6) is -0.930. The van der Waals surface area contributed by atoms with Crippen molar-refractivity contribution in [3.8, 4) is 0 Å². The van der Waals surface area contributed by atoms with Gasteiger partial charge in [-0.25, -0.2) is 0 Å². The first-order chi connectivity index (χ1) is 12.5. The van der Waals surface area contributed by atoms with Crippen LogP contribution in [0, 0.1) is 0 Å². The van der Waals surface area contributed by atoms with E-state index in [4.69, 9.17) is 27.9 Å². The van der Waals surface area contributed by atoms with Gasteiger partial charge >= 0.3 is 0 Å². The summed E-state index contributed by atoms with van der Waals surface area (Å²) in [5, 5.41) is 5.92. The lowest BCUT2D eigenvalue weighted by Gasteiger charge is -2.12. The summed E-state index contributed by atoms with van der Waals surface area (Å²) in [5.41, 5.74) is 1.09. The van der Waals surface area contributed by atoms with Crippen LogP contribution in [0.15, 0.2) is 54.2 Å². The zero-order valence-electron chi connectivity index (χ0n) is 14.1. The highest BCUT2D eigenvalue weighted by molar-refractivity contribution is 6.36. The summed E-state index contributed by atoms with van der Waals surface area (Å²) in [6, 6.07) is 13.7. The Balaban J connectivity index is 2.24. The molecule has 0 atom stereocenters. The van der Waals surface area contributed by atoms with E-state index in [-0.39, 0.29) is 16.3 Å². The molecule has 0 aliphatic heterocycles. The minimum absolute atomic E-state index is 0.100. The Kier molecular flexibility index (Phi) is 7.66. The van der Waals surface area contributed by atoms with E-state index in [1.165, 1.54) is 19.2 Å². The van der Waals surface area contributed by atoms with Crippen LogP contribution in [0.25, 0.3) is 6.08 Å². The van der Waals surface area contributed by atoms with Crippen LogP contribution in [-0.2, 0) is 9.53 Å². The molecule has 2 rings (SSSR count). The van der Waals surface area contributed by atoms with Crippen molar-refractivity contribution in [3.05, 3.63) is 75.4 Å². The Morgan fingerprint density at radius 3 is 2.50 bits per heavy atom. The van der Waals surface area contributed by atoms with E-state index in [0.717, 1.165) is 5.56 Å². The fourth-order valence-corrected chi connectivity index (χ4v) is 2.59. The normalized spacial score (nSPS) is 11.1. The molecule has 0 spiro atoms. The Labute approximate surface area is 161 Å². The minimum Gasteiger partial charge on any atom is -0.383 e. The van der Waals surface area contributed by atoms with Crippen molar-refractivity contribution in [2.45, 2.75) is 0 Å². The van der Waals surface area contributed by atoms with Gasteiger partial charge in [-0.1, -0.05) is 53.5 Å². The number of halogens is 2. The van der Waals surface area contributed by atoms with E-state index >= 15 is 0 Å². The number of carbonyl (C=O) groups excluding carboxylic acids is 2. The third-order valence-corrected chi connectivity index (χ3v) is 3.92.